The van der Waals surface area contributed by atoms with E-state index in [4.69, 9.17) is 0 Å². The molecule has 0 atom stereocenters. The summed E-state index contributed by atoms with van der Waals surface area (Å²) in [5.74, 6) is 0. The van der Waals surface area contributed by atoms with Gasteiger partial charge in [0.2, 0.25) is 0 Å². The lowest BCUT2D eigenvalue weighted by atomic mass is 10.2. The average molecular weight is 217 g/mol. The van der Waals surface area contributed by atoms with Gasteiger partial charge in [-0.3, -0.25) is 0 Å². The van der Waals surface area contributed by atoms with Crippen LogP contribution in [0.2, 0.25) is 0 Å². The van der Waals surface area contributed by atoms with E-state index in [9.17, 15) is 0 Å². The summed E-state index contributed by atoms with van der Waals surface area (Å²) < 4.78 is 2.35. The van der Waals surface area contributed by atoms with Gasteiger partial charge in [-0.25, -0.2) is 0 Å². The molecule has 16 heavy (non-hydrogen) atoms. The molecule has 1 aromatic carbocycles. The first kappa shape index (κ1) is 12.8. The van der Waals surface area contributed by atoms with E-state index in [1.165, 1.54) is 29.3 Å². The first-order valence-corrected chi connectivity index (χ1v) is 6.37. The number of aromatic nitrogens is 1. The highest BCUT2D eigenvalue weighted by atomic mass is 14.9. The molecule has 0 spiro atoms. The van der Waals surface area contributed by atoms with Crippen LogP contribution in [-0.2, 0) is 6.54 Å². The minimum absolute atomic E-state index is 1.14. The second kappa shape index (κ2) is 6.37. The van der Waals surface area contributed by atoms with Crippen LogP contribution >= 0.6 is 0 Å². The zero-order valence-electron chi connectivity index (χ0n) is 11.0. The molecule has 0 saturated carbocycles. The van der Waals surface area contributed by atoms with Crippen molar-refractivity contribution < 1.29 is 0 Å². The molecule has 0 aliphatic rings. The van der Waals surface area contributed by atoms with Crippen LogP contribution in [0.3, 0.4) is 0 Å². The van der Waals surface area contributed by atoms with Gasteiger partial charge in [-0.15, -0.1) is 0 Å². The molecule has 0 bridgehead atoms. The van der Waals surface area contributed by atoms with E-state index in [1.54, 1.807) is 0 Å². The van der Waals surface area contributed by atoms with Crippen molar-refractivity contribution in [2.75, 3.05) is 0 Å². The first-order valence-electron chi connectivity index (χ1n) is 6.37. The van der Waals surface area contributed by atoms with Crippen LogP contribution in [0.4, 0.5) is 0 Å². The fraction of sp³-hybridized carbons (Fsp3) is 0.467. The lowest BCUT2D eigenvalue weighted by molar-refractivity contribution is 0.650. The third kappa shape index (κ3) is 2.88. The van der Waals surface area contributed by atoms with Gasteiger partial charge in [0.25, 0.3) is 0 Å². The summed E-state index contributed by atoms with van der Waals surface area (Å²) in [6.45, 7) is 9.52. The second-order valence-corrected chi connectivity index (χ2v) is 3.92. The van der Waals surface area contributed by atoms with Crippen LogP contribution in [0, 0.1) is 6.92 Å². The molecular formula is C15H23N. The fourth-order valence-corrected chi connectivity index (χ4v) is 1.84. The standard InChI is InChI=1S/C13H17N.C2H6/c1-3-4-8-14-9-7-12-10-11(2)5-6-13(12)14;1-2/h5-7,9-10H,3-4,8H2,1-2H3;1-2H3. The first-order chi connectivity index (χ1) is 7.81. The topological polar surface area (TPSA) is 4.93 Å². The van der Waals surface area contributed by atoms with Crippen molar-refractivity contribution in [1.29, 1.82) is 0 Å². The van der Waals surface area contributed by atoms with Crippen molar-refractivity contribution in [2.45, 2.75) is 47.1 Å². The Morgan fingerprint density at radius 1 is 1.12 bits per heavy atom. The summed E-state index contributed by atoms with van der Waals surface area (Å²) >= 11 is 0. The highest BCUT2D eigenvalue weighted by molar-refractivity contribution is 5.80. The van der Waals surface area contributed by atoms with Gasteiger partial charge >= 0.3 is 0 Å². The highest BCUT2D eigenvalue weighted by Crippen LogP contribution is 2.17. The van der Waals surface area contributed by atoms with E-state index in [0.717, 1.165) is 6.54 Å². The van der Waals surface area contributed by atoms with Crippen molar-refractivity contribution in [1.82, 2.24) is 4.57 Å². The van der Waals surface area contributed by atoms with Crippen molar-refractivity contribution in [3.63, 3.8) is 0 Å². The molecule has 2 aromatic rings. The monoisotopic (exact) mass is 217 g/mol. The molecule has 0 fully saturated rings. The Labute approximate surface area is 99.1 Å². The van der Waals surface area contributed by atoms with Crippen LogP contribution in [0.25, 0.3) is 10.9 Å². The number of rotatable bonds is 3. The zero-order valence-corrected chi connectivity index (χ0v) is 11.0. The Kier molecular flexibility index (Phi) is 5.10. The van der Waals surface area contributed by atoms with E-state index < -0.39 is 0 Å². The summed E-state index contributed by atoms with van der Waals surface area (Å²) in [6.07, 6.45) is 4.71. The Hall–Kier alpha value is -1.24. The molecule has 88 valence electrons. The lowest BCUT2D eigenvalue weighted by Crippen LogP contribution is -1.94. The van der Waals surface area contributed by atoms with E-state index in [1.807, 2.05) is 13.8 Å². The predicted octanol–water partition coefficient (Wildman–Crippen LogP) is 4.78. The predicted molar refractivity (Wildman–Crippen MR) is 72.9 cm³/mol. The van der Waals surface area contributed by atoms with Crippen molar-refractivity contribution in [2.24, 2.45) is 0 Å². The molecule has 1 nitrogen and oxygen atoms in total. The molecule has 2 rings (SSSR count). The average Bonchev–Trinajstić information content (AvgIpc) is 2.71. The maximum Gasteiger partial charge on any atom is 0.0480 e. The Balaban J connectivity index is 0.000000606. The van der Waals surface area contributed by atoms with E-state index in [-0.39, 0.29) is 0 Å². The summed E-state index contributed by atoms with van der Waals surface area (Å²) in [6, 6.07) is 8.86. The van der Waals surface area contributed by atoms with Gasteiger partial charge in [-0.05, 0) is 36.9 Å². The third-order valence-electron chi connectivity index (χ3n) is 2.68. The van der Waals surface area contributed by atoms with Crippen molar-refractivity contribution in [3.8, 4) is 0 Å². The number of nitrogens with zero attached hydrogens (tertiary/aromatic N) is 1. The minimum atomic E-state index is 1.14. The largest absolute Gasteiger partial charge is 0.347 e. The fourth-order valence-electron chi connectivity index (χ4n) is 1.84. The Bertz CT molecular complexity index is 426. The molecule has 1 heteroatoms. The maximum atomic E-state index is 2.35. The molecule has 0 radical (unpaired) electrons. The number of aryl methyl sites for hydroxylation is 2. The number of benzene rings is 1. The van der Waals surface area contributed by atoms with Crippen LogP contribution in [0.15, 0.2) is 30.5 Å². The quantitative estimate of drug-likeness (QED) is 0.697. The number of unbranched alkanes of at least 4 members (excludes halogenated alkanes) is 1. The number of fused-ring (bicyclic) bond motifs is 1. The summed E-state index contributed by atoms with van der Waals surface area (Å²) in [5.41, 5.74) is 2.70. The molecule has 0 saturated heterocycles. The van der Waals surface area contributed by atoms with Crippen LogP contribution < -0.4 is 0 Å². The van der Waals surface area contributed by atoms with Gasteiger partial charge in [0.15, 0.2) is 0 Å². The zero-order chi connectivity index (χ0) is 12.0. The van der Waals surface area contributed by atoms with Gasteiger partial charge in [0.05, 0.1) is 0 Å². The normalized spacial score (nSPS) is 10.0. The van der Waals surface area contributed by atoms with Gasteiger partial charge in [0, 0.05) is 18.3 Å². The van der Waals surface area contributed by atoms with Gasteiger partial charge in [-0.2, -0.15) is 0 Å². The molecule has 0 N–H and O–H groups in total. The Morgan fingerprint density at radius 2 is 1.88 bits per heavy atom. The minimum Gasteiger partial charge on any atom is -0.347 e. The van der Waals surface area contributed by atoms with Gasteiger partial charge in [-0.1, -0.05) is 38.8 Å². The van der Waals surface area contributed by atoms with Crippen LogP contribution in [0.1, 0.15) is 39.2 Å². The molecular weight excluding hydrogens is 194 g/mol. The summed E-state index contributed by atoms with van der Waals surface area (Å²) in [4.78, 5) is 0. The van der Waals surface area contributed by atoms with Crippen molar-refractivity contribution >= 4 is 10.9 Å². The van der Waals surface area contributed by atoms with Gasteiger partial charge in [0.1, 0.15) is 0 Å². The molecule has 0 unspecified atom stereocenters. The molecule has 0 aliphatic heterocycles. The SMILES string of the molecule is CC.CCCCn1ccc2cc(C)ccc21. The summed E-state index contributed by atoms with van der Waals surface area (Å²) in [7, 11) is 0. The maximum absolute atomic E-state index is 2.35. The van der Waals surface area contributed by atoms with E-state index in [0.29, 0.717) is 0 Å². The molecule has 0 amide bonds. The second-order valence-electron chi connectivity index (χ2n) is 3.92. The highest BCUT2D eigenvalue weighted by Gasteiger charge is 1.99. The number of hydrogen-bond acceptors (Lipinski definition) is 0. The van der Waals surface area contributed by atoms with Gasteiger partial charge < -0.3 is 4.57 Å². The van der Waals surface area contributed by atoms with Crippen LogP contribution in [0.5, 0.6) is 0 Å². The van der Waals surface area contributed by atoms with Crippen LogP contribution in [-0.4, -0.2) is 4.57 Å². The number of hydrogen-bond donors (Lipinski definition) is 0. The lowest BCUT2D eigenvalue weighted by Gasteiger charge is -2.03. The van der Waals surface area contributed by atoms with E-state index >= 15 is 0 Å². The Morgan fingerprint density at radius 3 is 2.56 bits per heavy atom. The summed E-state index contributed by atoms with van der Waals surface area (Å²) in [5, 5.41) is 1.36. The molecule has 1 aromatic heterocycles. The smallest absolute Gasteiger partial charge is 0.0480 e. The molecule has 1 heterocycles. The molecule has 0 aliphatic carbocycles. The van der Waals surface area contributed by atoms with Crippen molar-refractivity contribution in [3.05, 3.63) is 36.0 Å². The third-order valence-corrected chi connectivity index (χ3v) is 2.68. The van der Waals surface area contributed by atoms with E-state index in [2.05, 4.69) is 48.9 Å².